The monoisotopic (exact) mass is 255 g/mol. The molecule has 0 aliphatic heterocycles. The highest BCUT2D eigenvalue weighted by molar-refractivity contribution is 6.29. The Balaban J connectivity index is 2.99. The number of hydrogen-bond acceptors (Lipinski definition) is 4. The highest BCUT2D eigenvalue weighted by atomic mass is 35.5. The van der Waals surface area contributed by atoms with Crippen molar-refractivity contribution in [2.45, 2.75) is 19.1 Å². The van der Waals surface area contributed by atoms with Gasteiger partial charge in [-0.05, 0) is 6.92 Å². The van der Waals surface area contributed by atoms with Gasteiger partial charge in [-0.25, -0.2) is 9.97 Å². The van der Waals surface area contributed by atoms with Crippen molar-refractivity contribution in [3.05, 3.63) is 17.0 Å². The number of halogens is 4. The van der Waals surface area contributed by atoms with Crippen LogP contribution in [-0.4, -0.2) is 27.7 Å². The highest BCUT2D eigenvalue weighted by Gasteiger charge is 2.35. The largest absolute Gasteiger partial charge is 0.451 e. The smallest absolute Gasteiger partial charge is 0.394 e. The molecular weight excluding hydrogens is 247 g/mol. The summed E-state index contributed by atoms with van der Waals surface area (Å²) in [6, 6.07) is 0.732. The molecule has 1 unspecified atom stereocenters. The van der Waals surface area contributed by atoms with Crippen molar-refractivity contribution in [1.29, 1.82) is 0 Å². The van der Waals surface area contributed by atoms with Crippen LogP contribution >= 0.6 is 11.6 Å². The van der Waals surface area contributed by atoms with Crippen LogP contribution in [0.5, 0.6) is 0 Å². The number of nitrogens with zero attached hydrogens (tertiary/aromatic N) is 2. The fourth-order valence-corrected chi connectivity index (χ4v) is 1.10. The minimum Gasteiger partial charge on any atom is -0.394 e. The van der Waals surface area contributed by atoms with Crippen LogP contribution in [0.15, 0.2) is 6.07 Å². The molecular formula is C8H9ClF3N3O. The highest BCUT2D eigenvalue weighted by Crippen LogP contribution is 2.28. The Morgan fingerprint density at radius 1 is 1.50 bits per heavy atom. The van der Waals surface area contributed by atoms with Gasteiger partial charge >= 0.3 is 6.18 Å². The van der Waals surface area contributed by atoms with E-state index in [1.165, 1.54) is 0 Å². The third-order valence-corrected chi connectivity index (χ3v) is 1.81. The van der Waals surface area contributed by atoms with Gasteiger partial charge in [-0.2, -0.15) is 13.2 Å². The lowest BCUT2D eigenvalue weighted by atomic mass is 10.3. The quantitative estimate of drug-likeness (QED) is 0.811. The zero-order valence-corrected chi connectivity index (χ0v) is 8.97. The summed E-state index contributed by atoms with van der Waals surface area (Å²) in [5.74, 6) is -1.39. The molecule has 0 radical (unpaired) electrons. The lowest BCUT2D eigenvalue weighted by Crippen LogP contribution is -2.21. The maximum atomic E-state index is 12.3. The first kappa shape index (κ1) is 13.0. The molecule has 1 aromatic heterocycles. The van der Waals surface area contributed by atoms with Crippen molar-refractivity contribution in [1.82, 2.24) is 9.97 Å². The zero-order chi connectivity index (χ0) is 12.3. The van der Waals surface area contributed by atoms with Gasteiger partial charge in [0.05, 0.1) is 6.61 Å². The van der Waals surface area contributed by atoms with Gasteiger partial charge in [-0.15, -0.1) is 0 Å². The molecule has 0 saturated carbocycles. The van der Waals surface area contributed by atoms with E-state index < -0.39 is 18.0 Å². The molecule has 0 fully saturated rings. The van der Waals surface area contributed by atoms with Crippen LogP contribution in [-0.2, 0) is 6.18 Å². The molecule has 1 rings (SSSR count). The fourth-order valence-electron chi connectivity index (χ4n) is 0.916. The molecule has 1 aromatic rings. The van der Waals surface area contributed by atoms with E-state index in [4.69, 9.17) is 16.7 Å². The first-order valence-electron chi connectivity index (χ1n) is 4.32. The molecule has 1 atom stereocenters. The lowest BCUT2D eigenvalue weighted by molar-refractivity contribution is -0.144. The van der Waals surface area contributed by atoms with Crippen LogP contribution in [0.2, 0.25) is 5.15 Å². The molecule has 0 amide bonds. The Hall–Kier alpha value is -1.08. The van der Waals surface area contributed by atoms with E-state index in [1.54, 1.807) is 6.92 Å². The van der Waals surface area contributed by atoms with Crippen molar-refractivity contribution in [2.75, 3.05) is 11.9 Å². The van der Waals surface area contributed by atoms with Crippen LogP contribution in [0.3, 0.4) is 0 Å². The number of alkyl halides is 3. The number of hydrogen-bond donors (Lipinski definition) is 2. The van der Waals surface area contributed by atoms with E-state index in [9.17, 15) is 13.2 Å². The van der Waals surface area contributed by atoms with Crippen molar-refractivity contribution in [2.24, 2.45) is 0 Å². The summed E-state index contributed by atoms with van der Waals surface area (Å²) in [5.41, 5.74) is 0. The molecule has 90 valence electrons. The van der Waals surface area contributed by atoms with Gasteiger partial charge in [0.25, 0.3) is 0 Å². The molecule has 0 spiro atoms. The van der Waals surface area contributed by atoms with Gasteiger partial charge < -0.3 is 10.4 Å². The maximum absolute atomic E-state index is 12.3. The van der Waals surface area contributed by atoms with Crippen LogP contribution in [0, 0.1) is 0 Å². The van der Waals surface area contributed by atoms with Crippen LogP contribution in [0.4, 0.5) is 19.0 Å². The number of rotatable bonds is 3. The predicted octanol–water partition coefficient (Wildman–Crippen LogP) is 1.94. The minimum atomic E-state index is -4.65. The van der Waals surface area contributed by atoms with E-state index >= 15 is 0 Å². The molecule has 16 heavy (non-hydrogen) atoms. The van der Waals surface area contributed by atoms with E-state index in [2.05, 4.69) is 15.3 Å². The Bertz CT molecular complexity index is 372. The number of nitrogens with one attached hydrogen (secondary N) is 1. The molecule has 0 bridgehead atoms. The molecule has 0 aliphatic rings. The standard InChI is InChI=1S/C8H9ClF3N3O/c1-4(3-16)13-6-2-5(9)14-7(15-6)8(10,11)12/h2,4,16H,3H2,1H3,(H,13,14,15). The summed E-state index contributed by atoms with van der Waals surface area (Å²) in [7, 11) is 0. The number of aromatic nitrogens is 2. The van der Waals surface area contributed by atoms with Crippen molar-refractivity contribution >= 4 is 17.4 Å². The van der Waals surface area contributed by atoms with Gasteiger partial charge in [-0.3, -0.25) is 0 Å². The van der Waals surface area contributed by atoms with Gasteiger partial charge in [0.15, 0.2) is 0 Å². The maximum Gasteiger partial charge on any atom is 0.451 e. The van der Waals surface area contributed by atoms with Gasteiger partial charge in [-0.1, -0.05) is 11.6 Å². The van der Waals surface area contributed by atoms with Crippen LogP contribution in [0.1, 0.15) is 12.7 Å². The summed E-state index contributed by atoms with van der Waals surface area (Å²) in [4.78, 5) is 6.32. The molecule has 2 N–H and O–H groups in total. The second kappa shape index (κ2) is 4.84. The molecule has 8 heteroatoms. The Labute approximate surface area is 94.5 Å². The van der Waals surface area contributed by atoms with Crippen molar-refractivity contribution < 1.29 is 18.3 Å². The van der Waals surface area contributed by atoms with E-state index in [-0.39, 0.29) is 17.6 Å². The van der Waals surface area contributed by atoms with Crippen LogP contribution < -0.4 is 5.32 Å². The van der Waals surface area contributed by atoms with Gasteiger partial charge in [0.2, 0.25) is 5.82 Å². The second-order valence-corrected chi connectivity index (χ2v) is 3.51. The number of aliphatic hydroxyl groups excluding tert-OH is 1. The summed E-state index contributed by atoms with van der Waals surface area (Å²) < 4.78 is 36.9. The molecule has 0 saturated heterocycles. The lowest BCUT2D eigenvalue weighted by Gasteiger charge is -2.13. The topological polar surface area (TPSA) is 58.0 Å². The number of aliphatic hydroxyl groups is 1. The summed E-state index contributed by atoms with van der Waals surface area (Å²) >= 11 is 5.43. The zero-order valence-electron chi connectivity index (χ0n) is 8.22. The first-order chi connectivity index (χ1) is 7.32. The number of anilines is 1. The summed E-state index contributed by atoms with van der Waals surface area (Å²) in [6.07, 6.45) is -4.65. The van der Waals surface area contributed by atoms with E-state index in [1.807, 2.05) is 0 Å². The molecule has 1 heterocycles. The van der Waals surface area contributed by atoms with Gasteiger partial charge in [0, 0.05) is 12.1 Å². The normalized spacial score (nSPS) is 13.6. The second-order valence-electron chi connectivity index (χ2n) is 3.13. The van der Waals surface area contributed by atoms with Crippen molar-refractivity contribution in [3.63, 3.8) is 0 Å². The average Bonchev–Trinajstić information content (AvgIpc) is 2.15. The minimum absolute atomic E-state index is 0.0751. The van der Waals surface area contributed by atoms with Crippen molar-refractivity contribution in [3.8, 4) is 0 Å². The fraction of sp³-hybridized carbons (Fsp3) is 0.500. The molecule has 0 aromatic carbocycles. The van der Waals surface area contributed by atoms with E-state index in [0.717, 1.165) is 6.07 Å². The SMILES string of the molecule is CC(CO)Nc1cc(Cl)nc(C(F)(F)F)n1. The summed E-state index contributed by atoms with van der Waals surface area (Å²) in [6.45, 7) is 1.35. The Kier molecular flexibility index (Phi) is 3.93. The third-order valence-electron chi connectivity index (χ3n) is 1.62. The van der Waals surface area contributed by atoms with E-state index in [0.29, 0.717) is 0 Å². The predicted molar refractivity (Wildman–Crippen MR) is 52.2 cm³/mol. The molecule has 4 nitrogen and oxygen atoms in total. The summed E-state index contributed by atoms with van der Waals surface area (Å²) in [5, 5.41) is 11.0. The molecule has 0 aliphatic carbocycles. The van der Waals surface area contributed by atoms with Crippen LogP contribution in [0.25, 0.3) is 0 Å². The Morgan fingerprint density at radius 2 is 2.12 bits per heavy atom. The van der Waals surface area contributed by atoms with Gasteiger partial charge in [0.1, 0.15) is 11.0 Å². The average molecular weight is 256 g/mol. The first-order valence-corrected chi connectivity index (χ1v) is 4.70. The third kappa shape index (κ3) is 3.49. The Morgan fingerprint density at radius 3 is 2.62 bits per heavy atom.